The van der Waals surface area contributed by atoms with E-state index < -0.39 is 5.97 Å². The third kappa shape index (κ3) is 5.37. The van der Waals surface area contributed by atoms with Gasteiger partial charge in [0.15, 0.2) is 0 Å². The van der Waals surface area contributed by atoms with E-state index in [1.54, 1.807) is 0 Å². The van der Waals surface area contributed by atoms with Gasteiger partial charge in [-0.3, -0.25) is 9.59 Å². The minimum absolute atomic E-state index is 0.345. The first-order chi connectivity index (χ1) is 7.02. The highest BCUT2D eigenvalue weighted by atomic mass is 16.4. The highest BCUT2D eigenvalue weighted by Gasteiger charge is 2.16. The zero-order valence-electron chi connectivity index (χ0n) is 9.32. The zero-order valence-corrected chi connectivity index (χ0v) is 9.32. The van der Waals surface area contributed by atoms with Crippen LogP contribution in [-0.2, 0) is 9.59 Å². The van der Waals surface area contributed by atoms with Gasteiger partial charge in [-0.1, -0.05) is 13.8 Å². The van der Waals surface area contributed by atoms with Crippen molar-refractivity contribution >= 4 is 11.9 Å². The Hall–Kier alpha value is -1.10. The van der Waals surface area contributed by atoms with Gasteiger partial charge in [0.05, 0.1) is 12.0 Å². The summed E-state index contributed by atoms with van der Waals surface area (Å²) in [7, 11) is 0. The topological polar surface area (TPSA) is 92.4 Å². The molecule has 0 fully saturated rings. The lowest BCUT2D eigenvalue weighted by molar-refractivity contribution is -0.142. The minimum Gasteiger partial charge on any atom is -0.481 e. The second-order valence-corrected chi connectivity index (χ2v) is 3.55. The van der Waals surface area contributed by atoms with E-state index in [2.05, 4.69) is 5.32 Å². The Morgan fingerprint density at radius 3 is 2.27 bits per heavy atom. The van der Waals surface area contributed by atoms with Crippen molar-refractivity contribution in [1.29, 1.82) is 0 Å². The fourth-order valence-electron chi connectivity index (χ4n) is 1.38. The number of nitrogens with two attached hydrogens (primary N) is 1. The van der Waals surface area contributed by atoms with Crippen LogP contribution in [-0.4, -0.2) is 29.6 Å². The Morgan fingerprint density at radius 2 is 1.93 bits per heavy atom. The van der Waals surface area contributed by atoms with E-state index in [0.29, 0.717) is 25.8 Å². The van der Waals surface area contributed by atoms with E-state index in [1.807, 2.05) is 13.8 Å². The molecular weight excluding hydrogens is 196 g/mol. The van der Waals surface area contributed by atoms with Crippen LogP contribution in [0.3, 0.4) is 0 Å². The predicted octanol–water partition coefficient (Wildman–Crippen LogP) is 0.341. The van der Waals surface area contributed by atoms with Gasteiger partial charge in [-0.05, 0) is 25.8 Å². The van der Waals surface area contributed by atoms with Gasteiger partial charge >= 0.3 is 5.97 Å². The van der Waals surface area contributed by atoms with Crippen molar-refractivity contribution < 1.29 is 14.7 Å². The number of aliphatic carboxylic acids is 1. The van der Waals surface area contributed by atoms with Crippen LogP contribution >= 0.6 is 0 Å². The summed E-state index contributed by atoms with van der Waals surface area (Å²) in [6, 6.07) is -0.351. The molecule has 0 aliphatic heterocycles. The SMILES string of the molecule is CCC(CCNC(CC)C(N)=O)C(=O)O. The minimum atomic E-state index is -0.786. The summed E-state index contributed by atoms with van der Waals surface area (Å²) in [4.78, 5) is 21.5. The standard InChI is InChI=1S/C10H20N2O3/c1-3-7(10(14)15)5-6-12-8(4-2)9(11)13/h7-8,12H,3-6H2,1-2H3,(H2,11,13)(H,14,15). The van der Waals surface area contributed by atoms with Gasteiger partial charge in [0.2, 0.25) is 5.91 Å². The Balaban J connectivity index is 3.85. The number of carboxylic acids is 1. The van der Waals surface area contributed by atoms with E-state index in [4.69, 9.17) is 10.8 Å². The van der Waals surface area contributed by atoms with Crippen molar-refractivity contribution in [3.8, 4) is 0 Å². The van der Waals surface area contributed by atoms with Crippen molar-refractivity contribution in [3.05, 3.63) is 0 Å². The first kappa shape index (κ1) is 13.9. The molecule has 4 N–H and O–H groups in total. The molecule has 0 radical (unpaired) electrons. The van der Waals surface area contributed by atoms with Crippen molar-refractivity contribution in [2.75, 3.05) is 6.54 Å². The second kappa shape index (κ2) is 7.23. The molecule has 0 rings (SSSR count). The van der Waals surface area contributed by atoms with Crippen LogP contribution in [0.1, 0.15) is 33.1 Å². The van der Waals surface area contributed by atoms with E-state index >= 15 is 0 Å². The number of amides is 1. The molecule has 5 heteroatoms. The van der Waals surface area contributed by atoms with Gasteiger partial charge < -0.3 is 16.2 Å². The number of hydrogen-bond acceptors (Lipinski definition) is 3. The molecule has 0 aromatic rings. The number of carbonyl (C=O) groups is 2. The molecule has 0 aromatic heterocycles. The number of primary amides is 1. The van der Waals surface area contributed by atoms with Crippen molar-refractivity contribution in [1.82, 2.24) is 5.32 Å². The molecule has 0 aliphatic rings. The molecule has 0 aliphatic carbocycles. The van der Waals surface area contributed by atoms with Crippen molar-refractivity contribution in [3.63, 3.8) is 0 Å². The molecule has 5 nitrogen and oxygen atoms in total. The highest BCUT2D eigenvalue weighted by Crippen LogP contribution is 2.07. The Bertz CT molecular complexity index is 197. The molecule has 0 saturated carbocycles. The van der Waals surface area contributed by atoms with Gasteiger partial charge in [0.1, 0.15) is 0 Å². The average Bonchev–Trinajstić information content (AvgIpc) is 2.17. The quantitative estimate of drug-likeness (QED) is 0.545. The molecular formula is C10H20N2O3. The average molecular weight is 216 g/mol. The van der Waals surface area contributed by atoms with Crippen LogP contribution in [0.15, 0.2) is 0 Å². The first-order valence-corrected chi connectivity index (χ1v) is 5.28. The Labute approximate surface area is 90.0 Å². The number of carboxylic acid groups (broad SMARTS) is 1. The maximum atomic E-state index is 10.9. The van der Waals surface area contributed by atoms with E-state index in [-0.39, 0.29) is 17.9 Å². The summed E-state index contributed by atoms with van der Waals surface area (Å²) in [5, 5.41) is 11.7. The van der Waals surface area contributed by atoms with Gasteiger partial charge in [-0.25, -0.2) is 0 Å². The third-order valence-electron chi connectivity index (χ3n) is 2.48. The molecule has 0 spiro atoms. The fraction of sp³-hybridized carbons (Fsp3) is 0.800. The molecule has 2 atom stereocenters. The van der Waals surface area contributed by atoms with Crippen LogP contribution in [0.4, 0.5) is 0 Å². The molecule has 0 bridgehead atoms. The highest BCUT2D eigenvalue weighted by molar-refractivity contribution is 5.79. The Morgan fingerprint density at radius 1 is 1.33 bits per heavy atom. The summed E-state index contributed by atoms with van der Waals surface area (Å²) in [5.41, 5.74) is 5.14. The molecule has 88 valence electrons. The number of nitrogens with one attached hydrogen (secondary N) is 1. The number of hydrogen-bond donors (Lipinski definition) is 3. The van der Waals surface area contributed by atoms with Gasteiger partial charge in [0.25, 0.3) is 0 Å². The van der Waals surface area contributed by atoms with Crippen molar-refractivity contribution in [2.45, 2.75) is 39.2 Å². The van der Waals surface area contributed by atoms with E-state index in [9.17, 15) is 9.59 Å². The Kier molecular flexibility index (Phi) is 6.70. The van der Waals surface area contributed by atoms with Crippen LogP contribution in [0.5, 0.6) is 0 Å². The zero-order chi connectivity index (χ0) is 11.8. The molecule has 2 unspecified atom stereocenters. The fourth-order valence-corrected chi connectivity index (χ4v) is 1.38. The van der Waals surface area contributed by atoms with E-state index in [0.717, 1.165) is 0 Å². The summed E-state index contributed by atoms with van der Waals surface area (Å²) in [5.74, 6) is -1.52. The van der Waals surface area contributed by atoms with Crippen LogP contribution < -0.4 is 11.1 Å². The monoisotopic (exact) mass is 216 g/mol. The van der Waals surface area contributed by atoms with E-state index in [1.165, 1.54) is 0 Å². The van der Waals surface area contributed by atoms with Crippen LogP contribution in [0.25, 0.3) is 0 Å². The lowest BCUT2D eigenvalue weighted by Gasteiger charge is -2.15. The maximum absolute atomic E-state index is 10.9. The van der Waals surface area contributed by atoms with Crippen molar-refractivity contribution in [2.24, 2.45) is 11.7 Å². The largest absolute Gasteiger partial charge is 0.481 e. The lowest BCUT2D eigenvalue weighted by atomic mass is 10.0. The lowest BCUT2D eigenvalue weighted by Crippen LogP contribution is -2.41. The molecule has 0 aromatic carbocycles. The number of rotatable bonds is 8. The smallest absolute Gasteiger partial charge is 0.306 e. The van der Waals surface area contributed by atoms with Crippen LogP contribution in [0.2, 0.25) is 0 Å². The molecule has 0 saturated heterocycles. The summed E-state index contributed by atoms with van der Waals surface area (Å²) < 4.78 is 0. The van der Waals surface area contributed by atoms with Gasteiger partial charge in [0, 0.05) is 0 Å². The van der Waals surface area contributed by atoms with Gasteiger partial charge in [-0.15, -0.1) is 0 Å². The molecule has 15 heavy (non-hydrogen) atoms. The molecule has 0 heterocycles. The second-order valence-electron chi connectivity index (χ2n) is 3.55. The predicted molar refractivity (Wildman–Crippen MR) is 57.3 cm³/mol. The molecule has 1 amide bonds. The number of carbonyl (C=O) groups excluding carboxylic acids is 1. The third-order valence-corrected chi connectivity index (χ3v) is 2.48. The normalized spacial score (nSPS) is 14.5. The first-order valence-electron chi connectivity index (χ1n) is 5.28. The van der Waals surface area contributed by atoms with Gasteiger partial charge in [-0.2, -0.15) is 0 Å². The van der Waals surface area contributed by atoms with Crippen LogP contribution in [0, 0.1) is 5.92 Å². The summed E-state index contributed by atoms with van der Waals surface area (Å²) in [6.07, 6.45) is 1.75. The summed E-state index contributed by atoms with van der Waals surface area (Å²) in [6.45, 7) is 4.20. The summed E-state index contributed by atoms with van der Waals surface area (Å²) >= 11 is 0. The maximum Gasteiger partial charge on any atom is 0.306 e.